The number of anilines is 1. The fraction of sp³-hybridized carbons (Fsp3) is 0.650. The number of fused-ring (bicyclic) bond motifs is 1. The van der Waals surface area contributed by atoms with Crippen LogP contribution in [0.5, 0.6) is 0 Å². The highest BCUT2D eigenvalue weighted by molar-refractivity contribution is 5.95. The summed E-state index contributed by atoms with van der Waals surface area (Å²) >= 11 is 0. The summed E-state index contributed by atoms with van der Waals surface area (Å²) in [6, 6.07) is 8.81. The molecule has 3 unspecified atom stereocenters. The second-order valence-electron chi connectivity index (χ2n) is 7.68. The van der Waals surface area contributed by atoms with Crippen molar-refractivity contribution in [2.24, 2.45) is 5.92 Å². The first-order valence-electron chi connectivity index (χ1n) is 9.74. The Labute approximate surface area is 150 Å². The van der Waals surface area contributed by atoms with Crippen LogP contribution >= 0.6 is 0 Å². The first-order valence-corrected chi connectivity index (χ1v) is 9.74. The maximum atomic E-state index is 12.6. The molecule has 1 aliphatic carbocycles. The number of ether oxygens (including phenoxy) is 1. The minimum atomic E-state index is -0.0267. The molecule has 2 aliphatic heterocycles. The Morgan fingerprint density at radius 1 is 1.16 bits per heavy atom. The van der Waals surface area contributed by atoms with Gasteiger partial charge in [-0.2, -0.15) is 0 Å². The van der Waals surface area contributed by atoms with Gasteiger partial charge in [0, 0.05) is 31.4 Å². The fourth-order valence-electron chi connectivity index (χ4n) is 4.46. The zero-order valence-corrected chi connectivity index (χ0v) is 14.9. The van der Waals surface area contributed by atoms with E-state index in [1.807, 2.05) is 12.1 Å². The number of morpholine rings is 1. The molecule has 2 heterocycles. The van der Waals surface area contributed by atoms with Crippen molar-refractivity contribution in [1.82, 2.24) is 10.2 Å². The van der Waals surface area contributed by atoms with Crippen LogP contribution in [0, 0.1) is 5.92 Å². The van der Waals surface area contributed by atoms with E-state index in [4.69, 9.17) is 4.74 Å². The Bertz CT molecular complexity index is 569. The molecule has 0 radical (unpaired) electrons. The van der Waals surface area contributed by atoms with Crippen LogP contribution in [0.2, 0.25) is 0 Å². The molecule has 1 saturated carbocycles. The summed E-state index contributed by atoms with van der Waals surface area (Å²) in [7, 11) is 0. The van der Waals surface area contributed by atoms with E-state index >= 15 is 0 Å². The third-order valence-corrected chi connectivity index (χ3v) is 5.91. The van der Waals surface area contributed by atoms with Crippen molar-refractivity contribution in [2.45, 2.75) is 50.7 Å². The van der Waals surface area contributed by atoms with Crippen LogP contribution < -0.4 is 10.6 Å². The van der Waals surface area contributed by atoms with Gasteiger partial charge in [-0.1, -0.05) is 25.0 Å². The predicted molar refractivity (Wildman–Crippen MR) is 98.5 cm³/mol. The minimum Gasteiger partial charge on any atom is -0.379 e. The number of hydrogen-bond donors (Lipinski definition) is 2. The molecular formula is C20H29N3O2. The minimum absolute atomic E-state index is 0.0267. The molecule has 3 atom stereocenters. The first-order chi connectivity index (χ1) is 12.3. The zero-order chi connectivity index (χ0) is 17.1. The second kappa shape index (κ2) is 7.85. The van der Waals surface area contributed by atoms with E-state index in [0.717, 1.165) is 45.0 Å². The normalized spacial score (nSPS) is 30.0. The molecule has 136 valence electrons. The lowest BCUT2D eigenvalue weighted by Gasteiger charge is -2.26. The Morgan fingerprint density at radius 3 is 2.68 bits per heavy atom. The van der Waals surface area contributed by atoms with Gasteiger partial charge in [-0.3, -0.25) is 9.69 Å². The molecule has 0 aromatic heterocycles. The van der Waals surface area contributed by atoms with Crippen LogP contribution in [-0.2, 0) is 16.1 Å². The number of hydrogen-bond acceptors (Lipinski definition) is 4. The summed E-state index contributed by atoms with van der Waals surface area (Å²) in [5.41, 5.74) is 2.18. The smallest absolute Gasteiger partial charge is 0.241 e. The Morgan fingerprint density at radius 2 is 1.92 bits per heavy atom. The molecule has 3 aliphatic rings. The van der Waals surface area contributed by atoms with Crippen LogP contribution in [0.1, 0.15) is 37.7 Å². The molecule has 0 bridgehead atoms. The van der Waals surface area contributed by atoms with Crippen LogP contribution in [-0.4, -0.2) is 49.2 Å². The highest BCUT2D eigenvalue weighted by Gasteiger charge is 2.38. The van der Waals surface area contributed by atoms with Gasteiger partial charge >= 0.3 is 0 Å². The maximum absolute atomic E-state index is 12.6. The predicted octanol–water partition coefficient (Wildman–Crippen LogP) is 2.38. The molecular weight excluding hydrogens is 314 g/mol. The number of nitrogens with zero attached hydrogens (tertiary/aromatic N) is 1. The summed E-state index contributed by atoms with van der Waals surface area (Å²) in [6.45, 7) is 4.59. The number of nitrogens with one attached hydrogen (secondary N) is 2. The fourth-order valence-corrected chi connectivity index (χ4v) is 4.46. The van der Waals surface area contributed by atoms with E-state index in [1.165, 1.54) is 31.2 Å². The zero-order valence-electron chi connectivity index (χ0n) is 14.9. The van der Waals surface area contributed by atoms with Crippen molar-refractivity contribution in [3.63, 3.8) is 0 Å². The van der Waals surface area contributed by atoms with Crippen molar-refractivity contribution in [1.29, 1.82) is 0 Å². The van der Waals surface area contributed by atoms with E-state index in [0.29, 0.717) is 12.0 Å². The lowest BCUT2D eigenvalue weighted by atomic mass is 9.85. The Kier molecular flexibility index (Phi) is 5.34. The molecule has 5 nitrogen and oxygen atoms in total. The SMILES string of the molecule is O=C(Nc1ccc(CN2CCOCC2)cc1)C1CC2CCCCC2N1. The van der Waals surface area contributed by atoms with Gasteiger partial charge in [0.05, 0.1) is 19.3 Å². The van der Waals surface area contributed by atoms with E-state index in [1.54, 1.807) is 0 Å². The van der Waals surface area contributed by atoms with Crippen molar-refractivity contribution in [3.8, 4) is 0 Å². The van der Waals surface area contributed by atoms with Gasteiger partial charge in [0.2, 0.25) is 5.91 Å². The van der Waals surface area contributed by atoms with Crippen LogP contribution in [0.3, 0.4) is 0 Å². The van der Waals surface area contributed by atoms with E-state index in [2.05, 4.69) is 27.7 Å². The summed E-state index contributed by atoms with van der Waals surface area (Å²) in [5.74, 6) is 0.815. The Balaban J connectivity index is 1.29. The molecule has 25 heavy (non-hydrogen) atoms. The largest absolute Gasteiger partial charge is 0.379 e. The van der Waals surface area contributed by atoms with Gasteiger partial charge in [-0.25, -0.2) is 0 Å². The summed E-state index contributed by atoms with van der Waals surface area (Å²) in [5, 5.41) is 6.64. The van der Waals surface area contributed by atoms with Crippen molar-refractivity contribution >= 4 is 11.6 Å². The van der Waals surface area contributed by atoms with Crippen LogP contribution in [0.25, 0.3) is 0 Å². The van der Waals surface area contributed by atoms with Crippen molar-refractivity contribution < 1.29 is 9.53 Å². The molecule has 1 amide bonds. The second-order valence-corrected chi connectivity index (χ2v) is 7.68. The Hall–Kier alpha value is -1.43. The summed E-state index contributed by atoms with van der Waals surface area (Å²) < 4.78 is 5.39. The van der Waals surface area contributed by atoms with E-state index in [9.17, 15) is 4.79 Å². The molecule has 5 heteroatoms. The topological polar surface area (TPSA) is 53.6 Å². The highest BCUT2D eigenvalue weighted by atomic mass is 16.5. The summed E-state index contributed by atoms with van der Waals surface area (Å²) in [4.78, 5) is 15.0. The van der Waals surface area contributed by atoms with Gasteiger partial charge < -0.3 is 15.4 Å². The molecule has 2 saturated heterocycles. The quantitative estimate of drug-likeness (QED) is 0.881. The lowest BCUT2D eigenvalue weighted by molar-refractivity contribution is -0.117. The van der Waals surface area contributed by atoms with Gasteiger partial charge in [-0.05, 0) is 42.9 Å². The van der Waals surface area contributed by atoms with Gasteiger partial charge in [-0.15, -0.1) is 0 Å². The van der Waals surface area contributed by atoms with Crippen molar-refractivity contribution in [3.05, 3.63) is 29.8 Å². The van der Waals surface area contributed by atoms with E-state index < -0.39 is 0 Å². The molecule has 3 fully saturated rings. The van der Waals surface area contributed by atoms with E-state index in [-0.39, 0.29) is 11.9 Å². The first kappa shape index (κ1) is 17.0. The maximum Gasteiger partial charge on any atom is 0.241 e. The number of carbonyl (C=O) groups excluding carboxylic acids is 1. The third kappa shape index (κ3) is 4.22. The highest BCUT2D eigenvalue weighted by Crippen LogP contribution is 2.33. The molecule has 2 N–H and O–H groups in total. The molecule has 0 spiro atoms. The van der Waals surface area contributed by atoms with Gasteiger partial charge in [0.15, 0.2) is 0 Å². The number of benzene rings is 1. The van der Waals surface area contributed by atoms with Gasteiger partial charge in [0.25, 0.3) is 0 Å². The van der Waals surface area contributed by atoms with Gasteiger partial charge in [0.1, 0.15) is 0 Å². The standard InChI is InChI=1S/C20H29N3O2/c24-20(19-13-16-3-1-2-4-18(16)22-19)21-17-7-5-15(6-8-17)14-23-9-11-25-12-10-23/h5-8,16,18-19,22H,1-4,9-14H2,(H,21,24). The molecule has 4 rings (SSSR count). The summed E-state index contributed by atoms with van der Waals surface area (Å²) in [6.07, 6.45) is 6.11. The van der Waals surface area contributed by atoms with Crippen LogP contribution in [0.4, 0.5) is 5.69 Å². The molecule has 1 aromatic rings. The lowest BCUT2D eigenvalue weighted by Crippen LogP contribution is -2.39. The average molecular weight is 343 g/mol. The van der Waals surface area contributed by atoms with Crippen LogP contribution in [0.15, 0.2) is 24.3 Å². The average Bonchev–Trinajstić information content (AvgIpc) is 3.09. The monoisotopic (exact) mass is 343 g/mol. The third-order valence-electron chi connectivity index (χ3n) is 5.91. The van der Waals surface area contributed by atoms with Crippen molar-refractivity contribution in [2.75, 3.05) is 31.6 Å². The number of amides is 1. The molecule has 1 aromatic carbocycles. The number of carbonyl (C=O) groups is 1. The number of rotatable bonds is 4.